The number of nitriles is 1. The molecule has 0 spiro atoms. The zero-order chi connectivity index (χ0) is 15.6. The molecule has 6 heteroatoms. The largest absolute Gasteiger partial charge is 0.373 e. The summed E-state index contributed by atoms with van der Waals surface area (Å²) in [5, 5.41) is 19.9. The Morgan fingerprint density at radius 1 is 1.38 bits per heavy atom. The molecule has 0 aliphatic heterocycles. The molecule has 0 atom stereocenters. The SMILES string of the molecule is CN(CC1(N(C)C)CCC1)c1ccc([N+](=O)[O-])c(C#N)c1. The smallest absolute Gasteiger partial charge is 0.287 e. The summed E-state index contributed by atoms with van der Waals surface area (Å²) in [4.78, 5) is 14.7. The zero-order valence-corrected chi connectivity index (χ0v) is 12.7. The molecule has 0 amide bonds. The van der Waals surface area contributed by atoms with Gasteiger partial charge in [0.1, 0.15) is 11.6 Å². The number of hydrogen-bond donors (Lipinski definition) is 0. The molecule has 0 bridgehead atoms. The van der Waals surface area contributed by atoms with E-state index in [0.717, 1.165) is 25.1 Å². The van der Waals surface area contributed by atoms with Crippen molar-refractivity contribution in [3.05, 3.63) is 33.9 Å². The van der Waals surface area contributed by atoms with Crippen molar-refractivity contribution in [3.63, 3.8) is 0 Å². The number of likely N-dealkylation sites (N-methyl/N-ethyl adjacent to an activating group) is 2. The fourth-order valence-electron chi connectivity index (χ4n) is 2.87. The molecular formula is C15H20N4O2. The summed E-state index contributed by atoms with van der Waals surface area (Å²) in [6.07, 6.45) is 3.54. The Kier molecular flexibility index (Phi) is 4.14. The highest BCUT2D eigenvalue weighted by molar-refractivity contribution is 5.59. The fraction of sp³-hybridized carbons (Fsp3) is 0.533. The van der Waals surface area contributed by atoms with Crippen molar-refractivity contribution in [1.29, 1.82) is 5.26 Å². The van der Waals surface area contributed by atoms with Crippen molar-refractivity contribution in [2.75, 3.05) is 32.6 Å². The standard InChI is InChI=1S/C15H20N4O2/c1-17(2)15(7-4-8-15)11-18(3)13-5-6-14(19(20)21)12(9-13)10-16/h5-6,9H,4,7-8,11H2,1-3H3. The molecule has 0 heterocycles. The number of nitro benzene ring substituents is 1. The first kappa shape index (κ1) is 15.3. The number of benzene rings is 1. The van der Waals surface area contributed by atoms with Crippen LogP contribution in [0.4, 0.5) is 11.4 Å². The van der Waals surface area contributed by atoms with E-state index in [1.807, 2.05) is 13.1 Å². The van der Waals surface area contributed by atoms with Crippen molar-refractivity contribution in [2.24, 2.45) is 0 Å². The Morgan fingerprint density at radius 2 is 2.05 bits per heavy atom. The lowest BCUT2D eigenvalue weighted by Crippen LogP contribution is -2.56. The summed E-state index contributed by atoms with van der Waals surface area (Å²) in [6, 6.07) is 6.62. The van der Waals surface area contributed by atoms with Crippen LogP contribution in [0.1, 0.15) is 24.8 Å². The van der Waals surface area contributed by atoms with Crippen LogP contribution in [0.2, 0.25) is 0 Å². The van der Waals surface area contributed by atoms with Gasteiger partial charge in [-0.05, 0) is 45.5 Å². The van der Waals surface area contributed by atoms with Crippen LogP contribution in [0.3, 0.4) is 0 Å². The molecule has 0 radical (unpaired) electrons. The van der Waals surface area contributed by atoms with Crippen LogP contribution >= 0.6 is 0 Å². The summed E-state index contributed by atoms with van der Waals surface area (Å²) < 4.78 is 0. The van der Waals surface area contributed by atoms with Crippen LogP contribution < -0.4 is 4.90 Å². The van der Waals surface area contributed by atoms with E-state index in [0.29, 0.717) is 0 Å². The van der Waals surface area contributed by atoms with Crippen molar-refractivity contribution in [2.45, 2.75) is 24.8 Å². The number of nitrogens with zero attached hydrogens (tertiary/aromatic N) is 4. The van der Waals surface area contributed by atoms with E-state index in [1.54, 1.807) is 12.1 Å². The van der Waals surface area contributed by atoms with Crippen molar-refractivity contribution >= 4 is 11.4 Å². The predicted octanol–water partition coefficient (Wildman–Crippen LogP) is 2.39. The molecule has 6 nitrogen and oxygen atoms in total. The van der Waals surface area contributed by atoms with Gasteiger partial charge >= 0.3 is 0 Å². The van der Waals surface area contributed by atoms with Crippen molar-refractivity contribution in [1.82, 2.24) is 4.90 Å². The summed E-state index contributed by atoms with van der Waals surface area (Å²) in [7, 11) is 6.14. The van der Waals surface area contributed by atoms with Crippen LogP contribution in [0.15, 0.2) is 18.2 Å². The van der Waals surface area contributed by atoms with Crippen LogP contribution in [0, 0.1) is 21.4 Å². The van der Waals surface area contributed by atoms with E-state index in [-0.39, 0.29) is 16.8 Å². The van der Waals surface area contributed by atoms with Gasteiger partial charge in [0, 0.05) is 30.9 Å². The molecule has 0 aromatic heterocycles. The summed E-state index contributed by atoms with van der Waals surface area (Å²) in [5.74, 6) is 0. The Morgan fingerprint density at radius 3 is 2.48 bits per heavy atom. The van der Waals surface area contributed by atoms with Crippen molar-refractivity contribution < 1.29 is 4.92 Å². The highest BCUT2D eigenvalue weighted by atomic mass is 16.6. The van der Waals surface area contributed by atoms with E-state index in [4.69, 9.17) is 5.26 Å². The summed E-state index contributed by atoms with van der Waals surface area (Å²) in [5.41, 5.74) is 0.978. The van der Waals surface area contributed by atoms with Crippen LogP contribution in [-0.4, -0.2) is 43.0 Å². The first-order valence-electron chi connectivity index (χ1n) is 6.97. The molecule has 1 aromatic carbocycles. The van der Waals surface area contributed by atoms with Crippen LogP contribution in [0.5, 0.6) is 0 Å². The predicted molar refractivity (Wildman–Crippen MR) is 81.4 cm³/mol. The van der Waals surface area contributed by atoms with Gasteiger partial charge < -0.3 is 9.80 Å². The molecule has 1 saturated carbocycles. The second-order valence-electron chi connectivity index (χ2n) is 5.90. The highest BCUT2D eigenvalue weighted by Crippen LogP contribution is 2.37. The topological polar surface area (TPSA) is 73.4 Å². The van der Waals surface area contributed by atoms with Gasteiger partial charge in [-0.1, -0.05) is 0 Å². The maximum absolute atomic E-state index is 10.9. The maximum Gasteiger partial charge on any atom is 0.287 e. The van der Waals surface area contributed by atoms with E-state index in [1.165, 1.54) is 12.5 Å². The minimum atomic E-state index is -0.518. The van der Waals surface area contributed by atoms with Crippen LogP contribution in [0.25, 0.3) is 0 Å². The van der Waals surface area contributed by atoms with E-state index in [2.05, 4.69) is 23.9 Å². The van der Waals surface area contributed by atoms with Gasteiger partial charge in [-0.15, -0.1) is 0 Å². The van der Waals surface area contributed by atoms with E-state index < -0.39 is 4.92 Å². The molecule has 1 fully saturated rings. The number of hydrogen-bond acceptors (Lipinski definition) is 5. The summed E-state index contributed by atoms with van der Waals surface area (Å²) >= 11 is 0. The zero-order valence-electron chi connectivity index (χ0n) is 12.7. The molecule has 1 aliphatic carbocycles. The van der Waals surface area contributed by atoms with Gasteiger partial charge in [-0.3, -0.25) is 10.1 Å². The maximum atomic E-state index is 10.9. The first-order chi connectivity index (χ1) is 9.89. The Labute approximate surface area is 124 Å². The molecule has 112 valence electrons. The van der Waals surface area contributed by atoms with E-state index in [9.17, 15) is 10.1 Å². The quantitative estimate of drug-likeness (QED) is 0.614. The number of rotatable bonds is 5. The second-order valence-corrected chi connectivity index (χ2v) is 5.90. The summed E-state index contributed by atoms with van der Waals surface area (Å²) in [6.45, 7) is 0.850. The third kappa shape index (κ3) is 2.83. The van der Waals surface area contributed by atoms with Gasteiger partial charge in [-0.25, -0.2) is 0 Å². The first-order valence-corrected chi connectivity index (χ1v) is 6.97. The monoisotopic (exact) mass is 288 g/mol. The van der Waals surface area contributed by atoms with Crippen LogP contribution in [-0.2, 0) is 0 Å². The fourth-order valence-corrected chi connectivity index (χ4v) is 2.87. The lowest BCUT2D eigenvalue weighted by atomic mass is 9.75. The van der Waals surface area contributed by atoms with Crippen molar-refractivity contribution in [3.8, 4) is 6.07 Å². The van der Waals surface area contributed by atoms with Gasteiger partial charge in [0.2, 0.25) is 0 Å². The minimum Gasteiger partial charge on any atom is -0.373 e. The molecule has 1 aromatic rings. The Hall–Kier alpha value is -2.13. The number of anilines is 1. The molecular weight excluding hydrogens is 268 g/mol. The average molecular weight is 288 g/mol. The third-order valence-corrected chi connectivity index (χ3v) is 4.50. The number of nitro groups is 1. The Balaban J connectivity index is 2.22. The lowest BCUT2D eigenvalue weighted by molar-refractivity contribution is -0.385. The van der Waals surface area contributed by atoms with Gasteiger partial charge in [0.15, 0.2) is 0 Å². The highest BCUT2D eigenvalue weighted by Gasteiger charge is 2.40. The molecule has 0 saturated heterocycles. The van der Waals surface area contributed by atoms with Gasteiger partial charge in [-0.2, -0.15) is 5.26 Å². The molecule has 0 unspecified atom stereocenters. The third-order valence-electron chi connectivity index (χ3n) is 4.50. The molecule has 2 rings (SSSR count). The normalized spacial score (nSPS) is 16.1. The molecule has 0 N–H and O–H groups in total. The molecule has 1 aliphatic rings. The lowest BCUT2D eigenvalue weighted by Gasteiger charge is -2.49. The minimum absolute atomic E-state index is 0.108. The molecule has 21 heavy (non-hydrogen) atoms. The Bertz CT molecular complexity index is 588. The van der Waals surface area contributed by atoms with Gasteiger partial charge in [0.05, 0.1) is 4.92 Å². The average Bonchev–Trinajstić information content (AvgIpc) is 2.41. The van der Waals surface area contributed by atoms with Gasteiger partial charge in [0.25, 0.3) is 5.69 Å². The second kappa shape index (κ2) is 5.70. The van der Waals surface area contributed by atoms with E-state index >= 15 is 0 Å².